The maximum atomic E-state index is 14.0. The Labute approximate surface area is 110 Å². The lowest BCUT2D eigenvalue weighted by atomic mass is 9.70. The fourth-order valence-electron chi connectivity index (χ4n) is 2.22. The summed E-state index contributed by atoms with van der Waals surface area (Å²) in [6.45, 7) is 3.97. The minimum atomic E-state index is -1.12. The van der Waals surface area contributed by atoms with Gasteiger partial charge in [-0.2, -0.15) is 11.8 Å². The average Bonchev–Trinajstić information content (AvgIpc) is 2.22. The lowest BCUT2D eigenvalue weighted by Gasteiger charge is -2.46. The molecule has 0 saturated carbocycles. The van der Waals surface area contributed by atoms with Crippen LogP contribution < -0.4 is 0 Å². The van der Waals surface area contributed by atoms with Crippen LogP contribution in [-0.4, -0.2) is 16.6 Å². The van der Waals surface area contributed by atoms with E-state index >= 15 is 0 Å². The minimum absolute atomic E-state index is 0.326. The summed E-state index contributed by atoms with van der Waals surface area (Å²) >= 11 is 7.41. The average molecular weight is 275 g/mol. The van der Waals surface area contributed by atoms with Crippen molar-refractivity contribution < 1.29 is 9.50 Å². The molecule has 0 bridgehead atoms. The monoisotopic (exact) mass is 274 g/mol. The molecule has 4 heteroatoms. The molecule has 1 aromatic carbocycles. The van der Waals surface area contributed by atoms with E-state index in [0.717, 1.165) is 12.2 Å². The lowest BCUT2D eigenvalue weighted by molar-refractivity contribution is -0.0604. The van der Waals surface area contributed by atoms with Gasteiger partial charge in [-0.15, -0.1) is 0 Å². The number of thioether (sulfide) groups is 1. The summed E-state index contributed by atoms with van der Waals surface area (Å²) in [6, 6.07) is 4.50. The third-order valence-corrected chi connectivity index (χ3v) is 5.03. The molecular weight excluding hydrogens is 259 g/mol. The summed E-state index contributed by atoms with van der Waals surface area (Å²) in [6.07, 6.45) is 0.871. The highest BCUT2D eigenvalue weighted by Crippen LogP contribution is 2.49. The van der Waals surface area contributed by atoms with Gasteiger partial charge in [0.1, 0.15) is 11.4 Å². The third kappa shape index (κ3) is 2.20. The van der Waals surface area contributed by atoms with Crippen LogP contribution in [0.15, 0.2) is 18.2 Å². The van der Waals surface area contributed by atoms with E-state index in [0.29, 0.717) is 16.3 Å². The van der Waals surface area contributed by atoms with Crippen molar-refractivity contribution in [2.45, 2.75) is 25.9 Å². The van der Waals surface area contributed by atoms with E-state index in [1.807, 2.05) is 13.8 Å². The van der Waals surface area contributed by atoms with Crippen LogP contribution in [0.25, 0.3) is 0 Å². The smallest absolute Gasteiger partial charge is 0.130 e. The maximum absolute atomic E-state index is 14.0. The van der Waals surface area contributed by atoms with Gasteiger partial charge in [-0.25, -0.2) is 4.39 Å². The SMILES string of the molecule is CC1(C)CCSCC1(O)c1ccc(Cl)cc1F. The first kappa shape index (κ1) is 13.2. The summed E-state index contributed by atoms with van der Waals surface area (Å²) < 4.78 is 14.0. The topological polar surface area (TPSA) is 20.2 Å². The highest BCUT2D eigenvalue weighted by atomic mass is 35.5. The van der Waals surface area contributed by atoms with Gasteiger partial charge in [0.05, 0.1) is 0 Å². The Kier molecular flexibility index (Phi) is 3.45. The molecule has 0 aliphatic carbocycles. The third-order valence-electron chi connectivity index (χ3n) is 3.68. The van der Waals surface area contributed by atoms with Crippen LogP contribution in [0.3, 0.4) is 0 Å². The maximum Gasteiger partial charge on any atom is 0.130 e. The van der Waals surface area contributed by atoms with Crippen molar-refractivity contribution in [2.24, 2.45) is 5.41 Å². The molecule has 2 rings (SSSR count). The zero-order valence-electron chi connectivity index (χ0n) is 9.96. The van der Waals surface area contributed by atoms with E-state index < -0.39 is 11.4 Å². The molecule has 1 aliphatic rings. The molecule has 0 spiro atoms. The Morgan fingerprint density at radius 2 is 2.12 bits per heavy atom. The molecule has 1 fully saturated rings. The quantitative estimate of drug-likeness (QED) is 0.840. The number of rotatable bonds is 1. The molecule has 1 aromatic rings. The Morgan fingerprint density at radius 3 is 2.71 bits per heavy atom. The predicted octanol–water partition coefficient (Wildman–Crippen LogP) is 3.83. The van der Waals surface area contributed by atoms with Gasteiger partial charge in [0.2, 0.25) is 0 Å². The minimum Gasteiger partial charge on any atom is -0.384 e. The number of hydrogen-bond acceptors (Lipinski definition) is 2. The number of benzene rings is 1. The van der Waals surface area contributed by atoms with Gasteiger partial charge in [0.25, 0.3) is 0 Å². The standard InChI is InChI=1S/C13H16ClFOS/c1-12(2)5-6-17-8-13(12,16)10-4-3-9(14)7-11(10)15/h3-4,7,16H,5-6,8H2,1-2H3. The lowest BCUT2D eigenvalue weighted by Crippen LogP contribution is -2.47. The molecule has 1 atom stereocenters. The molecule has 94 valence electrons. The van der Waals surface area contributed by atoms with Crippen molar-refractivity contribution in [1.29, 1.82) is 0 Å². The molecule has 1 heterocycles. The summed E-state index contributed by atoms with van der Waals surface area (Å²) in [7, 11) is 0. The molecule has 1 nitrogen and oxygen atoms in total. The van der Waals surface area contributed by atoms with Gasteiger partial charge in [-0.05, 0) is 29.7 Å². The van der Waals surface area contributed by atoms with E-state index in [2.05, 4.69) is 0 Å². The van der Waals surface area contributed by atoms with Crippen LogP contribution in [0.2, 0.25) is 5.02 Å². The van der Waals surface area contributed by atoms with Crippen molar-refractivity contribution >= 4 is 23.4 Å². The largest absolute Gasteiger partial charge is 0.384 e. The van der Waals surface area contributed by atoms with Crippen LogP contribution in [0.1, 0.15) is 25.8 Å². The van der Waals surface area contributed by atoms with Crippen molar-refractivity contribution in [1.82, 2.24) is 0 Å². The summed E-state index contributed by atoms with van der Waals surface area (Å²) in [5, 5.41) is 11.2. The van der Waals surface area contributed by atoms with E-state index in [1.54, 1.807) is 23.9 Å². The van der Waals surface area contributed by atoms with E-state index in [4.69, 9.17) is 11.6 Å². The van der Waals surface area contributed by atoms with Crippen LogP contribution in [-0.2, 0) is 5.60 Å². The Hall–Kier alpha value is -0.250. The van der Waals surface area contributed by atoms with Crippen molar-refractivity contribution in [2.75, 3.05) is 11.5 Å². The van der Waals surface area contributed by atoms with E-state index in [9.17, 15) is 9.50 Å². The molecule has 1 N–H and O–H groups in total. The van der Waals surface area contributed by atoms with Crippen LogP contribution >= 0.6 is 23.4 Å². The van der Waals surface area contributed by atoms with Crippen molar-refractivity contribution in [3.63, 3.8) is 0 Å². The van der Waals surface area contributed by atoms with Gasteiger partial charge in [0.15, 0.2) is 0 Å². The fraction of sp³-hybridized carbons (Fsp3) is 0.538. The first-order valence-electron chi connectivity index (χ1n) is 5.62. The van der Waals surface area contributed by atoms with Gasteiger partial charge in [0, 0.05) is 16.3 Å². The Bertz CT molecular complexity index is 435. The highest BCUT2D eigenvalue weighted by molar-refractivity contribution is 7.99. The van der Waals surface area contributed by atoms with Crippen LogP contribution in [0, 0.1) is 11.2 Å². The first-order valence-corrected chi connectivity index (χ1v) is 7.16. The highest BCUT2D eigenvalue weighted by Gasteiger charge is 2.48. The van der Waals surface area contributed by atoms with Gasteiger partial charge in [-0.1, -0.05) is 31.5 Å². The van der Waals surface area contributed by atoms with Crippen LogP contribution in [0.4, 0.5) is 4.39 Å². The molecule has 1 unspecified atom stereocenters. The zero-order valence-corrected chi connectivity index (χ0v) is 11.5. The molecule has 0 radical (unpaired) electrons. The summed E-state index contributed by atoms with van der Waals surface area (Å²) in [4.78, 5) is 0. The normalized spacial score (nSPS) is 28.1. The number of halogens is 2. The predicted molar refractivity (Wildman–Crippen MR) is 71.0 cm³/mol. The second-order valence-electron chi connectivity index (χ2n) is 5.17. The van der Waals surface area contributed by atoms with E-state index in [1.165, 1.54) is 6.07 Å². The Morgan fingerprint density at radius 1 is 1.41 bits per heavy atom. The fourth-order valence-corrected chi connectivity index (χ4v) is 4.02. The molecule has 1 saturated heterocycles. The number of hydrogen-bond donors (Lipinski definition) is 1. The summed E-state index contributed by atoms with van der Waals surface area (Å²) in [5.74, 6) is 1.11. The zero-order chi connectivity index (χ0) is 12.7. The second-order valence-corrected chi connectivity index (χ2v) is 6.71. The van der Waals surface area contributed by atoms with Gasteiger partial charge < -0.3 is 5.11 Å². The van der Waals surface area contributed by atoms with Gasteiger partial charge >= 0.3 is 0 Å². The molecule has 1 aliphatic heterocycles. The van der Waals surface area contributed by atoms with Crippen molar-refractivity contribution in [3.05, 3.63) is 34.6 Å². The molecule has 0 aromatic heterocycles. The Balaban J connectivity index is 2.49. The molecular formula is C13H16ClFOS. The van der Waals surface area contributed by atoms with Gasteiger partial charge in [-0.3, -0.25) is 0 Å². The molecule has 17 heavy (non-hydrogen) atoms. The van der Waals surface area contributed by atoms with E-state index in [-0.39, 0.29) is 5.41 Å². The van der Waals surface area contributed by atoms with Crippen molar-refractivity contribution in [3.8, 4) is 0 Å². The first-order chi connectivity index (χ1) is 7.87. The number of aliphatic hydroxyl groups is 1. The molecule has 0 amide bonds. The van der Waals surface area contributed by atoms with Crippen LogP contribution in [0.5, 0.6) is 0 Å². The summed E-state index contributed by atoms with van der Waals surface area (Å²) in [5.41, 5.74) is -1.09. The second kappa shape index (κ2) is 4.45.